The van der Waals surface area contributed by atoms with E-state index in [0.29, 0.717) is 5.78 Å². The molecule has 2 nitrogen and oxygen atoms in total. The summed E-state index contributed by atoms with van der Waals surface area (Å²) in [5, 5.41) is 0. The van der Waals surface area contributed by atoms with Crippen molar-refractivity contribution in [2.75, 3.05) is 0 Å². The minimum absolute atomic E-state index is 0.0404. The molecular formula is C18H25NO. The van der Waals surface area contributed by atoms with Crippen LogP contribution in [0.1, 0.15) is 63.5 Å². The summed E-state index contributed by atoms with van der Waals surface area (Å²) in [6.07, 6.45) is 10.8. The van der Waals surface area contributed by atoms with Crippen molar-refractivity contribution in [3.05, 3.63) is 30.1 Å². The Bertz CT molecular complexity index is 456. The molecule has 4 atom stereocenters. The molecule has 2 fully saturated rings. The van der Waals surface area contributed by atoms with Gasteiger partial charge in [-0.15, -0.1) is 0 Å². The number of carbonyl (C=O) groups excluding carboxylic acids is 1. The van der Waals surface area contributed by atoms with Crippen LogP contribution in [0.3, 0.4) is 0 Å². The minimum Gasteiger partial charge on any atom is -0.299 e. The largest absolute Gasteiger partial charge is 0.299 e. The van der Waals surface area contributed by atoms with Gasteiger partial charge >= 0.3 is 0 Å². The number of nitrogens with zero attached hydrogens (tertiary/aromatic N) is 1. The van der Waals surface area contributed by atoms with Gasteiger partial charge in [0.05, 0.1) is 11.6 Å². The number of pyridine rings is 1. The van der Waals surface area contributed by atoms with Gasteiger partial charge in [0.1, 0.15) is 5.78 Å². The van der Waals surface area contributed by atoms with Gasteiger partial charge < -0.3 is 0 Å². The third-order valence-corrected chi connectivity index (χ3v) is 5.50. The van der Waals surface area contributed by atoms with E-state index in [0.717, 1.165) is 30.4 Å². The van der Waals surface area contributed by atoms with Gasteiger partial charge in [-0.05, 0) is 50.2 Å². The number of hydrogen-bond donors (Lipinski definition) is 0. The lowest BCUT2D eigenvalue weighted by atomic mass is 9.66. The average Bonchev–Trinajstić information content (AvgIpc) is 2.54. The number of carbonyl (C=O) groups is 1. The van der Waals surface area contributed by atoms with Gasteiger partial charge in [0.25, 0.3) is 0 Å². The van der Waals surface area contributed by atoms with Crippen molar-refractivity contribution in [1.82, 2.24) is 4.98 Å². The van der Waals surface area contributed by atoms with E-state index in [2.05, 4.69) is 4.98 Å². The molecule has 0 amide bonds. The highest BCUT2D eigenvalue weighted by molar-refractivity contribution is 5.87. The van der Waals surface area contributed by atoms with E-state index in [9.17, 15) is 4.79 Å². The molecule has 0 aromatic carbocycles. The standard InChI is InChI=1S/C18H25NO/c1-13(17-8-4-5-11-19-17)18(20)16-10-9-14-6-2-3-7-15(14)12-16/h4-5,8,11,13-16H,2-3,6-7,9-10,12H2,1H3. The molecule has 2 saturated carbocycles. The molecule has 0 aliphatic heterocycles. The zero-order valence-corrected chi connectivity index (χ0v) is 12.4. The van der Waals surface area contributed by atoms with Crippen molar-refractivity contribution in [1.29, 1.82) is 0 Å². The van der Waals surface area contributed by atoms with Crippen molar-refractivity contribution in [2.24, 2.45) is 17.8 Å². The summed E-state index contributed by atoms with van der Waals surface area (Å²) < 4.78 is 0. The molecule has 20 heavy (non-hydrogen) atoms. The monoisotopic (exact) mass is 271 g/mol. The van der Waals surface area contributed by atoms with Gasteiger partial charge in [-0.25, -0.2) is 0 Å². The molecule has 0 spiro atoms. The van der Waals surface area contributed by atoms with E-state index in [1.807, 2.05) is 25.1 Å². The lowest BCUT2D eigenvalue weighted by molar-refractivity contribution is -0.126. The molecule has 3 rings (SSSR count). The maximum atomic E-state index is 12.7. The third-order valence-electron chi connectivity index (χ3n) is 5.50. The summed E-state index contributed by atoms with van der Waals surface area (Å²) in [6.45, 7) is 2.03. The number of fused-ring (bicyclic) bond motifs is 1. The Hall–Kier alpha value is -1.18. The van der Waals surface area contributed by atoms with Gasteiger partial charge in [0, 0.05) is 12.1 Å². The maximum absolute atomic E-state index is 12.7. The quantitative estimate of drug-likeness (QED) is 0.817. The molecule has 4 unspecified atom stereocenters. The van der Waals surface area contributed by atoms with Gasteiger partial charge in [-0.1, -0.05) is 31.7 Å². The highest BCUT2D eigenvalue weighted by Gasteiger charge is 2.36. The predicted octanol–water partition coefficient (Wildman–Crippen LogP) is 4.36. The zero-order chi connectivity index (χ0) is 13.9. The van der Waals surface area contributed by atoms with Crippen LogP contribution >= 0.6 is 0 Å². The van der Waals surface area contributed by atoms with Crippen LogP contribution in [0.15, 0.2) is 24.4 Å². The Morgan fingerprint density at radius 3 is 2.70 bits per heavy atom. The molecule has 2 aliphatic carbocycles. The normalized spacial score (nSPS) is 31.4. The fraction of sp³-hybridized carbons (Fsp3) is 0.667. The van der Waals surface area contributed by atoms with Crippen molar-refractivity contribution >= 4 is 5.78 Å². The van der Waals surface area contributed by atoms with Crippen LogP contribution in [0.25, 0.3) is 0 Å². The highest BCUT2D eigenvalue weighted by Crippen LogP contribution is 2.43. The van der Waals surface area contributed by atoms with Crippen LogP contribution in [-0.4, -0.2) is 10.8 Å². The highest BCUT2D eigenvalue weighted by atomic mass is 16.1. The first-order valence-corrected chi connectivity index (χ1v) is 8.20. The lowest BCUT2D eigenvalue weighted by Gasteiger charge is -2.39. The van der Waals surface area contributed by atoms with Crippen molar-refractivity contribution in [3.8, 4) is 0 Å². The molecule has 1 heterocycles. The molecule has 2 heteroatoms. The van der Waals surface area contributed by atoms with Crippen LogP contribution in [-0.2, 0) is 4.79 Å². The number of rotatable bonds is 3. The van der Waals surface area contributed by atoms with Gasteiger partial charge in [0.15, 0.2) is 0 Å². The molecule has 0 bridgehead atoms. The van der Waals surface area contributed by atoms with Crippen molar-refractivity contribution < 1.29 is 4.79 Å². The third kappa shape index (κ3) is 2.79. The molecule has 1 aromatic heterocycles. The first-order valence-electron chi connectivity index (χ1n) is 8.20. The Labute approximate surface area is 122 Å². The Kier molecular flexibility index (Phi) is 4.18. The topological polar surface area (TPSA) is 30.0 Å². The number of hydrogen-bond acceptors (Lipinski definition) is 2. The van der Waals surface area contributed by atoms with Crippen LogP contribution in [0.2, 0.25) is 0 Å². The molecule has 2 aliphatic rings. The minimum atomic E-state index is -0.0404. The summed E-state index contributed by atoms with van der Waals surface area (Å²) >= 11 is 0. The van der Waals surface area contributed by atoms with Crippen LogP contribution < -0.4 is 0 Å². The zero-order valence-electron chi connectivity index (χ0n) is 12.4. The van der Waals surface area contributed by atoms with Crippen LogP contribution in [0.4, 0.5) is 0 Å². The van der Waals surface area contributed by atoms with E-state index in [1.54, 1.807) is 6.20 Å². The maximum Gasteiger partial charge on any atom is 0.144 e. The molecule has 0 N–H and O–H groups in total. The lowest BCUT2D eigenvalue weighted by Crippen LogP contribution is -2.33. The molecule has 108 valence electrons. The number of Topliss-reactive ketones (excluding diaryl/α,β-unsaturated/α-hetero) is 1. The summed E-state index contributed by atoms with van der Waals surface area (Å²) in [4.78, 5) is 17.1. The van der Waals surface area contributed by atoms with E-state index in [-0.39, 0.29) is 11.8 Å². The van der Waals surface area contributed by atoms with E-state index in [1.165, 1.54) is 32.1 Å². The second-order valence-corrected chi connectivity index (χ2v) is 6.69. The Balaban J connectivity index is 1.65. The summed E-state index contributed by atoms with van der Waals surface area (Å²) in [5.41, 5.74) is 0.934. The van der Waals surface area contributed by atoms with E-state index in [4.69, 9.17) is 0 Å². The van der Waals surface area contributed by atoms with Gasteiger partial charge in [-0.3, -0.25) is 9.78 Å². The first kappa shape index (κ1) is 13.8. The summed E-state index contributed by atoms with van der Waals surface area (Å²) in [6, 6.07) is 5.87. The van der Waals surface area contributed by atoms with E-state index < -0.39 is 0 Å². The average molecular weight is 271 g/mol. The summed E-state index contributed by atoms with van der Waals surface area (Å²) in [7, 11) is 0. The smallest absolute Gasteiger partial charge is 0.144 e. The fourth-order valence-electron chi connectivity index (χ4n) is 4.26. The Morgan fingerprint density at radius 2 is 1.95 bits per heavy atom. The Morgan fingerprint density at radius 1 is 1.15 bits per heavy atom. The second kappa shape index (κ2) is 6.07. The molecule has 0 radical (unpaired) electrons. The second-order valence-electron chi connectivity index (χ2n) is 6.69. The number of ketones is 1. The first-order chi connectivity index (χ1) is 9.75. The molecular weight excluding hydrogens is 246 g/mol. The number of aromatic nitrogens is 1. The summed E-state index contributed by atoms with van der Waals surface area (Å²) in [5.74, 6) is 2.40. The van der Waals surface area contributed by atoms with E-state index >= 15 is 0 Å². The van der Waals surface area contributed by atoms with Crippen LogP contribution in [0, 0.1) is 17.8 Å². The van der Waals surface area contributed by atoms with Gasteiger partial charge in [-0.2, -0.15) is 0 Å². The SMILES string of the molecule is CC(C(=O)C1CCC2CCCCC2C1)c1ccccn1. The van der Waals surface area contributed by atoms with Crippen LogP contribution in [0.5, 0.6) is 0 Å². The fourth-order valence-corrected chi connectivity index (χ4v) is 4.26. The predicted molar refractivity (Wildman–Crippen MR) is 80.4 cm³/mol. The van der Waals surface area contributed by atoms with Crippen molar-refractivity contribution in [3.63, 3.8) is 0 Å². The van der Waals surface area contributed by atoms with Crippen molar-refractivity contribution in [2.45, 2.75) is 57.8 Å². The molecule has 0 saturated heterocycles. The molecule has 1 aromatic rings. The van der Waals surface area contributed by atoms with Gasteiger partial charge in [0.2, 0.25) is 0 Å².